The Morgan fingerprint density at radius 1 is 1.29 bits per heavy atom. The first-order chi connectivity index (χ1) is 6.54. The molecule has 1 N–H and O–H groups in total. The molecule has 0 heterocycles. The lowest BCUT2D eigenvalue weighted by Gasteiger charge is -2.13. The van der Waals surface area contributed by atoms with Gasteiger partial charge < -0.3 is 5.32 Å². The van der Waals surface area contributed by atoms with Crippen molar-refractivity contribution in [2.24, 2.45) is 0 Å². The number of halogens is 5. The fourth-order valence-corrected chi connectivity index (χ4v) is 2.86. The first kappa shape index (κ1) is 12.9. The van der Waals surface area contributed by atoms with Crippen molar-refractivity contribution in [2.75, 3.05) is 5.32 Å². The van der Waals surface area contributed by atoms with E-state index in [0.717, 1.165) is 20.2 Å². The SMILES string of the molecule is ClCc1cc(Br)cc(Br)c1NC(Cl)Cl. The van der Waals surface area contributed by atoms with Gasteiger partial charge in [-0.15, -0.1) is 11.6 Å². The summed E-state index contributed by atoms with van der Waals surface area (Å²) in [5.41, 5.74) is 1.75. The highest BCUT2D eigenvalue weighted by molar-refractivity contribution is 9.11. The maximum absolute atomic E-state index is 5.79. The number of nitrogens with one attached hydrogen (secondary N) is 1. The van der Waals surface area contributed by atoms with Gasteiger partial charge in [0.05, 0.1) is 5.69 Å². The minimum Gasteiger partial charge on any atom is -0.356 e. The van der Waals surface area contributed by atoms with Crippen LogP contribution in [0.5, 0.6) is 0 Å². The van der Waals surface area contributed by atoms with E-state index in [2.05, 4.69) is 37.2 Å². The highest BCUT2D eigenvalue weighted by Crippen LogP contribution is 2.32. The van der Waals surface area contributed by atoms with Gasteiger partial charge in [-0.25, -0.2) is 0 Å². The van der Waals surface area contributed by atoms with Crippen molar-refractivity contribution in [2.45, 2.75) is 10.8 Å². The van der Waals surface area contributed by atoms with Crippen molar-refractivity contribution in [3.8, 4) is 0 Å². The van der Waals surface area contributed by atoms with E-state index in [0.29, 0.717) is 5.88 Å². The molecular formula is C8H6Br2Cl3N. The Morgan fingerprint density at radius 2 is 1.93 bits per heavy atom. The van der Waals surface area contributed by atoms with Crippen LogP contribution in [0.1, 0.15) is 5.56 Å². The van der Waals surface area contributed by atoms with Crippen LogP contribution in [0.3, 0.4) is 0 Å². The quantitative estimate of drug-likeness (QED) is 0.565. The minimum absolute atomic E-state index is 0.390. The van der Waals surface area contributed by atoms with Crippen molar-refractivity contribution in [3.63, 3.8) is 0 Å². The number of anilines is 1. The molecule has 0 spiro atoms. The predicted octanol–water partition coefficient (Wildman–Crippen LogP) is 5.12. The zero-order chi connectivity index (χ0) is 10.7. The van der Waals surface area contributed by atoms with Gasteiger partial charge in [-0.3, -0.25) is 0 Å². The van der Waals surface area contributed by atoms with Crippen molar-refractivity contribution in [3.05, 3.63) is 26.6 Å². The number of alkyl halides is 3. The van der Waals surface area contributed by atoms with Crippen molar-refractivity contribution in [1.82, 2.24) is 0 Å². The normalized spacial score (nSPS) is 10.7. The topological polar surface area (TPSA) is 12.0 Å². The molecule has 0 amide bonds. The average Bonchev–Trinajstić information content (AvgIpc) is 2.08. The molecule has 0 aliphatic rings. The Hall–Kier alpha value is 0.850. The highest BCUT2D eigenvalue weighted by atomic mass is 79.9. The lowest BCUT2D eigenvalue weighted by Crippen LogP contribution is -2.06. The molecule has 0 bridgehead atoms. The summed E-state index contributed by atoms with van der Waals surface area (Å²) < 4.78 is 1.82. The Labute approximate surface area is 114 Å². The summed E-state index contributed by atoms with van der Waals surface area (Å²) in [5, 5.41) is 2.90. The summed E-state index contributed by atoms with van der Waals surface area (Å²) in [6, 6.07) is 3.81. The van der Waals surface area contributed by atoms with Crippen LogP contribution >= 0.6 is 66.7 Å². The second kappa shape index (κ2) is 5.80. The van der Waals surface area contributed by atoms with Crippen molar-refractivity contribution in [1.29, 1.82) is 0 Å². The first-order valence-corrected chi connectivity index (χ1v) is 6.62. The van der Waals surface area contributed by atoms with Gasteiger partial charge in [0.2, 0.25) is 0 Å². The summed E-state index contributed by atoms with van der Waals surface area (Å²) in [6.45, 7) is 0. The van der Waals surface area contributed by atoms with Crippen molar-refractivity contribution < 1.29 is 0 Å². The van der Waals surface area contributed by atoms with Gasteiger partial charge in [0, 0.05) is 14.8 Å². The van der Waals surface area contributed by atoms with Crippen LogP contribution < -0.4 is 5.32 Å². The van der Waals surface area contributed by atoms with E-state index in [1.165, 1.54) is 0 Å². The molecule has 1 aromatic rings. The summed E-state index contributed by atoms with van der Waals surface area (Å²) in [7, 11) is 0. The van der Waals surface area contributed by atoms with Gasteiger partial charge in [0.25, 0.3) is 0 Å². The Bertz CT molecular complexity index is 331. The van der Waals surface area contributed by atoms with Crippen molar-refractivity contribution >= 4 is 72.4 Å². The fourth-order valence-electron chi connectivity index (χ4n) is 1.00. The molecule has 0 saturated carbocycles. The molecule has 0 saturated heterocycles. The maximum Gasteiger partial charge on any atom is 0.177 e. The predicted molar refractivity (Wildman–Crippen MR) is 70.5 cm³/mol. The van der Waals surface area contributed by atoms with Crippen LogP contribution in [-0.4, -0.2) is 4.96 Å². The molecule has 6 heteroatoms. The molecule has 0 radical (unpaired) electrons. The third kappa shape index (κ3) is 3.46. The highest BCUT2D eigenvalue weighted by Gasteiger charge is 2.10. The molecule has 1 nitrogen and oxygen atoms in total. The van der Waals surface area contributed by atoms with Crippen LogP contribution in [0.25, 0.3) is 0 Å². The molecule has 0 aromatic heterocycles. The molecule has 78 valence electrons. The van der Waals surface area contributed by atoms with Gasteiger partial charge in [-0.1, -0.05) is 39.1 Å². The third-order valence-electron chi connectivity index (χ3n) is 1.53. The zero-order valence-corrected chi connectivity index (χ0v) is 12.3. The second-order valence-corrected chi connectivity index (χ2v) is 5.63. The average molecular weight is 382 g/mol. The smallest absolute Gasteiger partial charge is 0.177 e. The molecule has 0 fully saturated rings. The second-order valence-electron chi connectivity index (χ2n) is 2.50. The Kier molecular flexibility index (Phi) is 5.36. The van der Waals surface area contributed by atoms with Gasteiger partial charge >= 0.3 is 0 Å². The van der Waals surface area contributed by atoms with Gasteiger partial charge in [-0.2, -0.15) is 0 Å². The van der Waals surface area contributed by atoms with Gasteiger partial charge in [0.1, 0.15) is 0 Å². The number of benzene rings is 1. The van der Waals surface area contributed by atoms with Crippen LogP contribution in [0, 0.1) is 0 Å². The molecule has 0 aliphatic heterocycles. The third-order valence-corrected chi connectivity index (χ3v) is 3.12. The maximum atomic E-state index is 5.79. The summed E-state index contributed by atoms with van der Waals surface area (Å²) in [5.74, 6) is 0.390. The standard InChI is InChI=1S/C8H6Br2Cl3N/c9-5-1-4(3-11)7(6(10)2-5)14-8(12)13/h1-2,8,14H,3H2. The number of hydrogen-bond acceptors (Lipinski definition) is 1. The molecular weight excluding hydrogens is 376 g/mol. The summed E-state index contributed by atoms with van der Waals surface area (Å²) in [4.78, 5) is -0.658. The molecule has 0 atom stereocenters. The lowest BCUT2D eigenvalue weighted by molar-refractivity contribution is 1.28. The lowest BCUT2D eigenvalue weighted by atomic mass is 10.2. The molecule has 14 heavy (non-hydrogen) atoms. The number of hydrogen-bond donors (Lipinski definition) is 1. The van der Waals surface area contributed by atoms with E-state index in [9.17, 15) is 0 Å². The summed E-state index contributed by atoms with van der Waals surface area (Å²) in [6.07, 6.45) is 0. The van der Waals surface area contributed by atoms with E-state index in [-0.39, 0.29) is 0 Å². The molecule has 0 aliphatic carbocycles. The summed E-state index contributed by atoms with van der Waals surface area (Å²) >= 11 is 23.8. The molecule has 1 aromatic carbocycles. The first-order valence-electron chi connectivity index (χ1n) is 3.63. The fraction of sp³-hybridized carbons (Fsp3) is 0.250. The van der Waals surface area contributed by atoms with E-state index < -0.39 is 4.96 Å². The van der Waals surface area contributed by atoms with Crippen LogP contribution in [-0.2, 0) is 5.88 Å². The molecule has 1 rings (SSSR count). The zero-order valence-electron chi connectivity index (χ0n) is 6.83. The molecule has 0 unspecified atom stereocenters. The van der Waals surface area contributed by atoms with Gasteiger partial charge in [0.15, 0.2) is 4.96 Å². The van der Waals surface area contributed by atoms with Crippen LogP contribution in [0.2, 0.25) is 0 Å². The Balaban J connectivity index is 3.11. The van der Waals surface area contributed by atoms with E-state index in [4.69, 9.17) is 34.8 Å². The monoisotopic (exact) mass is 379 g/mol. The minimum atomic E-state index is -0.658. The van der Waals surface area contributed by atoms with E-state index in [1.54, 1.807) is 0 Å². The largest absolute Gasteiger partial charge is 0.356 e. The van der Waals surface area contributed by atoms with Gasteiger partial charge in [-0.05, 0) is 33.6 Å². The number of rotatable bonds is 3. The van der Waals surface area contributed by atoms with Crippen LogP contribution in [0.4, 0.5) is 5.69 Å². The Morgan fingerprint density at radius 3 is 2.43 bits per heavy atom. The van der Waals surface area contributed by atoms with E-state index >= 15 is 0 Å². The van der Waals surface area contributed by atoms with E-state index in [1.807, 2.05) is 12.1 Å². The van der Waals surface area contributed by atoms with Crippen LogP contribution in [0.15, 0.2) is 21.1 Å².